The second-order valence-corrected chi connectivity index (χ2v) is 9.04. The van der Waals surface area contributed by atoms with Crippen molar-refractivity contribution in [3.05, 3.63) is 52.1 Å². The number of pyridine rings is 1. The number of aromatic nitrogens is 1. The van der Waals surface area contributed by atoms with Crippen molar-refractivity contribution in [2.45, 2.75) is 20.3 Å². The first-order valence-corrected chi connectivity index (χ1v) is 12.2. The summed E-state index contributed by atoms with van der Waals surface area (Å²) >= 11 is 12.6. The molecule has 1 fully saturated rings. The average Bonchev–Trinajstić information content (AvgIpc) is 3.08. The normalized spacial score (nSPS) is 14.1. The number of ether oxygens (including phenoxy) is 1. The van der Waals surface area contributed by atoms with Gasteiger partial charge in [0.05, 0.1) is 44.8 Å². The second-order valence-electron chi connectivity index (χ2n) is 8.25. The van der Waals surface area contributed by atoms with Gasteiger partial charge in [-0.1, -0.05) is 29.3 Å². The van der Waals surface area contributed by atoms with Crippen LogP contribution in [-0.2, 0) is 4.79 Å². The van der Waals surface area contributed by atoms with Crippen LogP contribution in [0.5, 0.6) is 5.75 Å². The maximum atomic E-state index is 12.3. The minimum absolute atomic E-state index is 0.0654. The summed E-state index contributed by atoms with van der Waals surface area (Å²) in [4.78, 5) is 32.8. The predicted molar refractivity (Wildman–Crippen MR) is 140 cm³/mol. The van der Waals surface area contributed by atoms with Crippen LogP contribution in [-0.4, -0.2) is 54.5 Å². The van der Waals surface area contributed by atoms with Crippen molar-refractivity contribution >= 4 is 63.0 Å². The van der Waals surface area contributed by atoms with E-state index in [0.717, 1.165) is 18.7 Å². The SMILES string of the molecule is CCOc1cc2ncc(C(N)=O)c(Nc3cccc(Cl)c3Cl)c2cc1N1CCCN(C(C)=O)CC1. The van der Waals surface area contributed by atoms with Gasteiger partial charge in [-0.05, 0) is 31.5 Å². The quantitative estimate of drug-likeness (QED) is 0.486. The van der Waals surface area contributed by atoms with Crippen LogP contribution in [0, 0.1) is 0 Å². The Hall–Kier alpha value is -3.23. The third kappa shape index (κ3) is 5.23. The summed E-state index contributed by atoms with van der Waals surface area (Å²) in [5, 5.41) is 4.65. The lowest BCUT2D eigenvalue weighted by Crippen LogP contribution is -2.33. The van der Waals surface area contributed by atoms with E-state index in [0.29, 0.717) is 64.3 Å². The molecule has 3 aromatic rings. The van der Waals surface area contributed by atoms with E-state index in [9.17, 15) is 9.59 Å². The van der Waals surface area contributed by atoms with E-state index in [4.69, 9.17) is 33.7 Å². The highest BCUT2D eigenvalue weighted by Crippen LogP contribution is 2.40. The number of nitrogens with one attached hydrogen (secondary N) is 1. The molecule has 0 atom stereocenters. The first-order valence-electron chi connectivity index (χ1n) is 11.4. The van der Waals surface area contributed by atoms with E-state index in [-0.39, 0.29) is 11.5 Å². The van der Waals surface area contributed by atoms with Gasteiger partial charge in [0.25, 0.3) is 5.91 Å². The largest absolute Gasteiger partial charge is 0.492 e. The number of carbonyl (C=O) groups excluding carboxylic acids is 2. The number of halogens is 2. The number of amides is 2. The maximum Gasteiger partial charge on any atom is 0.252 e. The van der Waals surface area contributed by atoms with Crippen LogP contribution >= 0.6 is 23.2 Å². The number of nitrogens with zero attached hydrogens (tertiary/aromatic N) is 3. The van der Waals surface area contributed by atoms with E-state index >= 15 is 0 Å². The van der Waals surface area contributed by atoms with Gasteiger partial charge in [-0.15, -0.1) is 0 Å². The molecule has 0 saturated carbocycles. The zero-order valence-electron chi connectivity index (χ0n) is 19.6. The van der Waals surface area contributed by atoms with Crippen LogP contribution < -0.4 is 20.7 Å². The molecule has 0 aliphatic carbocycles. The van der Waals surface area contributed by atoms with Gasteiger partial charge >= 0.3 is 0 Å². The first kappa shape index (κ1) is 24.9. The Morgan fingerprint density at radius 2 is 1.97 bits per heavy atom. The van der Waals surface area contributed by atoms with Crippen molar-refractivity contribution in [3.8, 4) is 5.75 Å². The third-order valence-corrected chi connectivity index (χ3v) is 6.83. The van der Waals surface area contributed by atoms with Gasteiger partial charge < -0.3 is 25.6 Å². The van der Waals surface area contributed by atoms with Crippen LogP contribution in [0.2, 0.25) is 10.0 Å². The molecule has 4 rings (SSSR count). The van der Waals surface area contributed by atoms with Gasteiger partial charge in [-0.3, -0.25) is 14.6 Å². The lowest BCUT2D eigenvalue weighted by molar-refractivity contribution is -0.128. The minimum Gasteiger partial charge on any atom is -0.492 e. The summed E-state index contributed by atoms with van der Waals surface area (Å²) in [5.41, 5.74) is 8.43. The number of hydrogen-bond donors (Lipinski definition) is 2. The molecule has 1 aliphatic heterocycles. The summed E-state index contributed by atoms with van der Waals surface area (Å²) in [6.45, 7) is 6.71. The molecule has 0 bridgehead atoms. The fourth-order valence-electron chi connectivity index (χ4n) is 4.26. The maximum absolute atomic E-state index is 12.3. The molecule has 2 aromatic carbocycles. The van der Waals surface area contributed by atoms with E-state index in [2.05, 4.69) is 15.2 Å². The van der Waals surface area contributed by atoms with Crippen LogP contribution in [0.3, 0.4) is 0 Å². The monoisotopic (exact) mass is 515 g/mol. The Morgan fingerprint density at radius 1 is 1.17 bits per heavy atom. The van der Waals surface area contributed by atoms with Gasteiger partial charge in [0, 0.05) is 50.8 Å². The Morgan fingerprint density at radius 3 is 2.69 bits per heavy atom. The fraction of sp³-hybridized carbons (Fsp3) is 0.320. The number of nitrogens with two attached hydrogens (primary N) is 1. The molecule has 0 spiro atoms. The minimum atomic E-state index is -0.623. The predicted octanol–water partition coefficient (Wildman–Crippen LogP) is 4.84. The van der Waals surface area contributed by atoms with Crippen LogP contribution in [0.25, 0.3) is 10.9 Å². The van der Waals surface area contributed by atoms with Crippen molar-refractivity contribution in [3.63, 3.8) is 0 Å². The highest BCUT2D eigenvalue weighted by Gasteiger charge is 2.23. The molecule has 0 unspecified atom stereocenters. The highest BCUT2D eigenvalue weighted by molar-refractivity contribution is 6.43. The second kappa shape index (κ2) is 10.6. The Balaban J connectivity index is 1.86. The number of fused-ring (bicyclic) bond motifs is 1. The molecule has 8 nitrogen and oxygen atoms in total. The zero-order valence-corrected chi connectivity index (χ0v) is 21.1. The number of hydrogen-bond acceptors (Lipinski definition) is 6. The topological polar surface area (TPSA) is 101 Å². The molecule has 3 N–H and O–H groups in total. The van der Waals surface area contributed by atoms with E-state index < -0.39 is 5.91 Å². The van der Waals surface area contributed by atoms with Crippen LogP contribution in [0.15, 0.2) is 36.5 Å². The fourth-order valence-corrected chi connectivity index (χ4v) is 4.60. The van der Waals surface area contributed by atoms with Gasteiger partial charge in [0.2, 0.25) is 5.91 Å². The van der Waals surface area contributed by atoms with Crippen LogP contribution in [0.4, 0.5) is 17.1 Å². The van der Waals surface area contributed by atoms with Crippen molar-refractivity contribution in [2.75, 3.05) is 43.0 Å². The molecule has 10 heteroatoms. The van der Waals surface area contributed by atoms with Crippen molar-refractivity contribution < 1.29 is 14.3 Å². The number of carbonyl (C=O) groups is 2. The molecule has 1 aromatic heterocycles. The van der Waals surface area contributed by atoms with E-state index in [1.807, 2.05) is 24.0 Å². The summed E-state index contributed by atoms with van der Waals surface area (Å²) in [6.07, 6.45) is 2.27. The first-order chi connectivity index (χ1) is 16.8. The lowest BCUT2D eigenvalue weighted by Gasteiger charge is -2.26. The summed E-state index contributed by atoms with van der Waals surface area (Å²) in [6, 6.07) is 9.03. The van der Waals surface area contributed by atoms with Gasteiger partial charge in [0.15, 0.2) is 0 Å². The van der Waals surface area contributed by atoms with Gasteiger partial charge in [-0.2, -0.15) is 0 Å². The number of rotatable bonds is 6. The molecule has 1 aliphatic rings. The van der Waals surface area contributed by atoms with Crippen LogP contribution in [0.1, 0.15) is 30.6 Å². The molecule has 2 amide bonds. The molecule has 1 saturated heterocycles. The Kier molecular flexibility index (Phi) is 7.52. The Bertz CT molecular complexity index is 1280. The van der Waals surface area contributed by atoms with E-state index in [1.54, 1.807) is 25.1 Å². The molecule has 184 valence electrons. The summed E-state index contributed by atoms with van der Waals surface area (Å²) in [7, 11) is 0. The average molecular weight is 516 g/mol. The third-order valence-electron chi connectivity index (χ3n) is 6.01. The number of benzene rings is 2. The summed E-state index contributed by atoms with van der Waals surface area (Å²) < 4.78 is 5.97. The van der Waals surface area contributed by atoms with Crippen molar-refractivity contribution in [1.29, 1.82) is 0 Å². The molecule has 35 heavy (non-hydrogen) atoms. The summed E-state index contributed by atoms with van der Waals surface area (Å²) in [5.74, 6) is 0.125. The Labute approximate surface area is 213 Å². The molecule has 0 radical (unpaired) electrons. The van der Waals surface area contributed by atoms with Crippen molar-refractivity contribution in [2.24, 2.45) is 5.73 Å². The van der Waals surface area contributed by atoms with Gasteiger partial charge in [0.1, 0.15) is 5.75 Å². The van der Waals surface area contributed by atoms with E-state index in [1.165, 1.54) is 6.20 Å². The molecular formula is C25H27Cl2N5O3. The highest BCUT2D eigenvalue weighted by atomic mass is 35.5. The smallest absolute Gasteiger partial charge is 0.252 e. The standard InChI is InChI=1S/C25H27Cl2N5O3/c1-3-35-22-13-20-16(12-21(22)32-9-5-8-31(10-11-32)15(2)33)24(17(14-29-20)25(28)34)30-19-7-4-6-18(26)23(19)27/h4,6-7,12-14H,3,5,8-11H2,1-2H3,(H2,28,34)(H,29,30). The zero-order chi connectivity index (χ0) is 25.1. The van der Waals surface area contributed by atoms with Gasteiger partial charge in [-0.25, -0.2) is 0 Å². The van der Waals surface area contributed by atoms with Crippen molar-refractivity contribution in [1.82, 2.24) is 9.88 Å². The molecular weight excluding hydrogens is 489 g/mol. The number of anilines is 3. The lowest BCUT2D eigenvalue weighted by atomic mass is 10.1. The molecule has 2 heterocycles. The number of primary amides is 1.